The maximum atomic E-state index is 13.1. The van der Waals surface area contributed by atoms with Crippen molar-refractivity contribution in [2.24, 2.45) is 5.92 Å². The topological polar surface area (TPSA) is 62.3 Å². The van der Waals surface area contributed by atoms with Crippen molar-refractivity contribution >= 4 is 23.3 Å². The van der Waals surface area contributed by atoms with E-state index in [4.69, 9.17) is 0 Å². The predicted octanol–water partition coefficient (Wildman–Crippen LogP) is 3.95. The van der Waals surface area contributed by atoms with Gasteiger partial charge in [-0.3, -0.25) is 9.69 Å². The van der Waals surface area contributed by atoms with Crippen LogP contribution in [0.2, 0.25) is 0 Å². The maximum Gasteiger partial charge on any atom is 0.325 e. The van der Waals surface area contributed by atoms with Crippen molar-refractivity contribution in [1.82, 2.24) is 15.2 Å². The van der Waals surface area contributed by atoms with E-state index in [1.807, 2.05) is 12.3 Å². The first-order valence-electron chi connectivity index (χ1n) is 8.84. The maximum absolute atomic E-state index is 13.1. The number of urea groups is 1. The molecule has 1 aliphatic carbocycles. The molecule has 1 saturated heterocycles. The smallest absolute Gasteiger partial charge is 0.323 e. The fraction of sp³-hybridized carbons (Fsp3) is 0.421. The van der Waals surface area contributed by atoms with Gasteiger partial charge in [0.05, 0.1) is 12.2 Å². The first-order chi connectivity index (χ1) is 12.5. The van der Waals surface area contributed by atoms with Gasteiger partial charge >= 0.3 is 6.03 Å². The number of hydrogen-bond donors (Lipinski definition) is 1. The number of carbonyl (C=O) groups excluding carboxylic acids is 2. The van der Waals surface area contributed by atoms with Crippen molar-refractivity contribution in [3.63, 3.8) is 0 Å². The number of halogens is 1. The Hall–Kier alpha value is -2.28. The SMILES string of the molecule is C[C@@H]1CCCC[C@@]12NC(=O)N(Cc1csc(-c3ccc(F)cc3)n1)C2=O. The van der Waals surface area contributed by atoms with Crippen molar-refractivity contribution in [3.8, 4) is 10.6 Å². The highest BCUT2D eigenvalue weighted by Crippen LogP contribution is 2.38. The van der Waals surface area contributed by atoms with Crippen LogP contribution in [0.15, 0.2) is 29.6 Å². The van der Waals surface area contributed by atoms with E-state index in [1.165, 1.54) is 28.4 Å². The number of nitrogens with zero attached hydrogens (tertiary/aromatic N) is 2. The van der Waals surface area contributed by atoms with E-state index in [0.29, 0.717) is 12.1 Å². The third-order valence-corrected chi connectivity index (χ3v) is 6.40. The number of nitrogens with one attached hydrogen (secondary N) is 1. The summed E-state index contributed by atoms with van der Waals surface area (Å²) in [6.45, 7) is 2.20. The Morgan fingerprint density at radius 3 is 2.81 bits per heavy atom. The van der Waals surface area contributed by atoms with Gasteiger partial charge in [-0.15, -0.1) is 11.3 Å². The van der Waals surface area contributed by atoms with Crippen LogP contribution in [0, 0.1) is 11.7 Å². The van der Waals surface area contributed by atoms with Gasteiger partial charge in [0, 0.05) is 10.9 Å². The van der Waals surface area contributed by atoms with Crippen LogP contribution in [0.5, 0.6) is 0 Å². The lowest BCUT2D eigenvalue weighted by atomic mass is 9.73. The summed E-state index contributed by atoms with van der Waals surface area (Å²) in [5.74, 6) is -0.286. The Bertz CT molecular complexity index is 851. The van der Waals surface area contributed by atoms with Crippen molar-refractivity contribution in [2.75, 3.05) is 0 Å². The van der Waals surface area contributed by atoms with E-state index in [0.717, 1.165) is 29.8 Å². The zero-order valence-corrected chi connectivity index (χ0v) is 15.3. The van der Waals surface area contributed by atoms with Gasteiger partial charge < -0.3 is 5.32 Å². The van der Waals surface area contributed by atoms with Crippen molar-refractivity contribution in [1.29, 1.82) is 0 Å². The lowest BCUT2D eigenvalue weighted by Crippen LogP contribution is -2.53. The molecule has 5 nitrogen and oxygen atoms in total. The molecule has 2 atom stereocenters. The third-order valence-electron chi connectivity index (χ3n) is 5.46. The van der Waals surface area contributed by atoms with Gasteiger partial charge in [0.15, 0.2) is 0 Å². The first-order valence-corrected chi connectivity index (χ1v) is 9.72. The number of carbonyl (C=O) groups is 2. The molecule has 3 amide bonds. The molecule has 2 aromatic rings. The Morgan fingerprint density at radius 1 is 1.31 bits per heavy atom. The van der Waals surface area contributed by atoms with E-state index >= 15 is 0 Å². The first kappa shape index (κ1) is 17.1. The standard InChI is InChI=1S/C19H20FN3O2S/c1-12-4-2-3-9-19(12)17(24)23(18(25)22-19)10-15-11-26-16(21-15)13-5-7-14(20)8-6-13/h5-8,11-12H,2-4,9-10H2,1H3,(H,22,25)/t12-,19-/m1/s1. The van der Waals surface area contributed by atoms with Gasteiger partial charge in [-0.1, -0.05) is 19.8 Å². The van der Waals surface area contributed by atoms with Crippen molar-refractivity contribution < 1.29 is 14.0 Å². The second kappa shape index (κ2) is 6.46. The number of benzene rings is 1. The zero-order chi connectivity index (χ0) is 18.3. The summed E-state index contributed by atoms with van der Waals surface area (Å²) in [5.41, 5.74) is 0.737. The highest BCUT2D eigenvalue weighted by Gasteiger charge is 2.54. The van der Waals surface area contributed by atoms with Crippen LogP contribution in [-0.4, -0.2) is 27.4 Å². The molecule has 2 heterocycles. The fourth-order valence-electron chi connectivity index (χ4n) is 3.91. The molecule has 26 heavy (non-hydrogen) atoms. The summed E-state index contributed by atoms with van der Waals surface area (Å²) in [6, 6.07) is 5.79. The van der Waals surface area contributed by atoms with Crippen LogP contribution < -0.4 is 5.32 Å². The van der Waals surface area contributed by atoms with Crippen LogP contribution in [0.4, 0.5) is 9.18 Å². The van der Waals surface area contributed by atoms with Crippen LogP contribution in [-0.2, 0) is 11.3 Å². The van der Waals surface area contributed by atoms with E-state index in [9.17, 15) is 14.0 Å². The Morgan fingerprint density at radius 2 is 2.08 bits per heavy atom. The second-order valence-electron chi connectivity index (χ2n) is 7.09. The minimum Gasteiger partial charge on any atom is -0.323 e. The lowest BCUT2D eigenvalue weighted by molar-refractivity contribution is -0.134. The average molecular weight is 373 g/mol. The van der Waals surface area contributed by atoms with Crippen molar-refractivity contribution in [2.45, 2.75) is 44.7 Å². The average Bonchev–Trinajstić information content (AvgIpc) is 3.18. The normalized spacial score (nSPS) is 25.8. The number of rotatable bonds is 3. The fourth-order valence-corrected chi connectivity index (χ4v) is 4.72. The van der Waals surface area contributed by atoms with Gasteiger partial charge in [-0.05, 0) is 43.0 Å². The quantitative estimate of drug-likeness (QED) is 0.829. The number of amides is 3. The number of hydrogen-bond acceptors (Lipinski definition) is 4. The molecule has 1 aromatic heterocycles. The van der Waals surface area contributed by atoms with E-state index in [1.54, 1.807) is 12.1 Å². The molecule has 2 fully saturated rings. The second-order valence-corrected chi connectivity index (χ2v) is 7.95. The van der Waals surface area contributed by atoms with Gasteiger partial charge in [0.1, 0.15) is 16.4 Å². The van der Waals surface area contributed by atoms with E-state index in [2.05, 4.69) is 10.3 Å². The zero-order valence-electron chi connectivity index (χ0n) is 14.5. The molecule has 0 bridgehead atoms. The summed E-state index contributed by atoms with van der Waals surface area (Å²) in [7, 11) is 0. The van der Waals surface area contributed by atoms with Crippen LogP contribution in [0.3, 0.4) is 0 Å². The largest absolute Gasteiger partial charge is 0.325 e. The van der Waals surface area contributed by atoms with E-state index < -0.39 is 5.54 Å². The predicted molar refractivity (Wildman–Crippen MR) is 97.0 cm³/mol. The Kier molecular flexibility index (Phi) is 4.26. The van der Waals surface area contributed by atoms with Gasteiger partial charge in [-0.25, -0.2) is 14.2 Å². The molecule has 1 saturated carbocycles. The minimum atomic E-state index is -0.745. The lowest BCUT2D eigenvalue weighted by Gasteiger charge is -2.36. The molecule has 0 unspecified atom stereocenters. The summed E-state index contributed by atoms with van der Waals surface area (Å²) in [6.07, 6.45) is 3.70. The molecular weight excluding hydrogens is 353 g/mol. The number of imide groups is 1. The molecule has 136 valence electrons. The van der Waals surface area contributed by atoms with E-state index in [-0.39, 0.29) is 30.2 Å². The number of aromatic nitrogens is 1. The van der Waals surface area contributed by atoms with Gasteiger partial charge in [-0.2, -0.15) is 0 Å². The minimum absolute atomic E-state index is 0.133. The van der Waals surface area contributed by atoms with Crippen LogP contribution in [0.25, 0.3) is 10.6 Å². The molecule has 0 radical (unpaired) electrons. The van der Waals surface area contributed by atoms with Crippen LogP contribution in [0.1, 0.15) is 38.3 Å². The molecular formula is C19H20FN3O2S. The highest BCUT2D eigenvalue weighted by molar-refractivity contribution is 7.13. The molecule has 1 aromatic carbocycles. The summed E-state index contributed by atoms with van der Waals surface area (Å²) in [4.78, 5) is 31.2. The summed E-state index contributed by atoms with van der Waals surface area (Å²) >= 11 is 1.42. The molecule has 2 aliphatic rings. The molecule has 7 heteroatoms. The van der Waals surface area contributed by atoms with Gasteiger partial charge in [0.2, 0.25) is 0 Å². The third kappa shape index (κ3) is 2.80. The molecule has 1 N–H and O–H groups in total. The molecule has 1 aliphatic heterocycles. The Balaban J connectivity index is 1.53. The van der Waals surface area contributed by atoms with Gasteiger partial charge in [0.25, 0.3) is 5.91 Å². The monoisotopic (exact) mass is 373 g/mol. The summed E-state index contributed by atoms with van der Waals surface area (Å²) in [5, 5.41) is 5.54. The molecule has 4 rings (SSSR count). The molecule has 1 spiro atoms. The Labute approximate surface area is 155 Å². The number of thiazole rings is 1. The summed E-state index contributed by atoms with van der Waals surface area (Å²) < 4.78 is 13.1. The van der Waals surface area contributed by atoms with Crippen molar-refractivity contribution in [3.05, 3.63) is 41.2 Å². The van der Waals surface area contributed by atoms with Crippen LogP contribution >= 0.6 is 11.3 Å². The highest BCUT2D eigenvalue weighted by atomic mass is 32.1.